The number of nitrogens with two attached hydrogens (primary N) is 1. The van der Waals surface area contributed by atoms with Gasteiger partial charge in [0.15, 0.2) is 0 Å². The van der Waals surface area contributed by atoms with Crippen LogP contribution in [-0.4, -0.2) is 19.0 Å². The third-order valence-corrected chi connectivity index (χ3v) is 1.64. The highest BCUT2D eigenvalue weighted by Gasteiger charge is 1.92. The average Bonchev–Trinajstić information content (AvgIpc) is 2.14. The molecule has 0 saturated heterocycles. The summed E-state index contributed by atoms with van der Waals surface area (Å²) in [5, 5.41) is 6.93. The van der Waals surface area contributed by atoms with Gasteiger partial charge in [-0.25, -0.2) is 0 Å². The SMILES string of the molecule is N=C(N)COCCc1ccccc1. The fraction of sp³-hybridized carbons (Fsp3) is 0.300. The lowest BCUT2D eigenvalue weighted by molar-refractivity contribution is 0.174. The Hall–Kier alpha value is -1.35. The molecule has 0 aliphatic carbocycles. The maximum absolute atomic E-state index is 6.93. The van der Waals surface area contributed by atoms with E-state index in [9.17, 15) is 0 Å². The van der Waals surface area contributed by atoms with E-state index in [2.05, 4.69) is 12.1 Å². The summed E-state index contributed by atoms with van der Waals surface area (Å²) in [4.78, 5) is 0. The summed E-state index contributed by atoms with van der Waals surface area (Å²) in [7, 11) is 0. The van der Waals surface area contributed by atoms with Crippen molar-refractivity contribution in [2.24, 2.45) is 5.73 Å². The molecule has 0 saturated carbocycles. The van der Waals surface area contributed by atoms with Gasteiger partial charge in [0.05, 0.1) is 6.61 Å². The van der Waals surface area contributed by atoms with Gasteiger partial charge in [-0.1, -0.05) is 30.3 Å². The van der Waals surface area contributed by atoms with E-state index in [1.54, 1.807) is 0 Å². The molecule has 0 aliphatic rings. The van der Waals surface area contributed by atoms with Crippen LogP contribution in [-0.2, 0) is 11.2 Å². The lowest BCUT2D eigenvalue weighted by atomic mass is 10.2. The summed E-state index contributed by atoms with van der Waals surface area (Å²) in [6, 6.07) is 10.1. The van der Waals surface area contributed by atoms with E-state index >= 15 is 0 Å². The van der Waals surface area contributed by atoms with Crippen LogP contribution in [0, 0.1) is 5.41 Å². The number of hydrogen-bond donors (Lipinski definition) is 2. The molecule has 1 rings (SSSR count). The molecule has 0 aromatic heterocycles. The number of benzene rings is 1. The van der Waals surface area contributed by atoms with Crippen LogP contribution >= 0.6 is 0 Å². The number of nitrogens with one attached hydrogen (secondary N) is 1. The molecule has 0 radical (unpaired) electrons. The summed E-state index contributed by atoms with van der Waals surface area (Å²) in [5.41, 5.74) is 6.37. The quantitative estimate of drug-likeness (QED) is 0.404. The predicted octanol–water partition coefficient (Wildman–Crippen LogP) is 1.18. The van der Waals surface area contributed by atoms with Crippen molar-refractivity contribution in [1.29, 1.82) is 5.41 Å². The van der Waals surface area contributed by atoms with E-state index < -0.39 is 0 Å². The van der Waals surface area contributed by atoms with Crippen molar-refractivity contribution < 1.29 is 4.74 Å². The third-order valence-electron chi connectivity index (χ3n) is 1.64. The van der Waals surface area contributed by atoms with Gasteiger partial charge in [-0.3, -0.25) is 5.41 Å². The van der Waals surface area contributed by atoms with Gasteiger partial charge in [0.1, 0.15) is 12.4 Å². The Labute approximate surface area is 78.0 Å². The van der Waals surface area contributed by atoms with Gasteiger partial charge in [-0.2, -0.15) is 0 Å². The topological polar surface area (TPSA) is 59.1 Å². The predicted molar refractivity (Wildman–Crippen MR) is 52.9 cm³/mol. The molecular weight excluding hydrogens is 164 g/mol. The van der Waals surface area contributed by atoms with Crippen LogP contribution < -0.4 is 5.73 Å². The second-order valence-electron chi connectivity index (χ2n) is 2.81. The Kier molecular flexibility index (Phi) is 3.99. The molecule has 3 nitrogen and oxygen atoms in total. The van der Waals surface area contributed by atoms with Crippen molar-refractivity contribution in [3.8, 4) is 0 Å². The molecule has 1 aromatic rings. The second kappa shape index (κ2) is 5.32. The molecule has 0 spiro atoms. The zero-order valence-electron chi connectivity index (χ0n) is 7.49. The van der Waals surface area contributed by atoms with Crippen molar-refractivity contribution in [2.75, 3.05) is 13.2 Å². The number of amidine groups is 1. The van der Waals surface area contributed by atoms with Gasteiger partial charge >= 0.3 is 0 Å². The van der Waals surface area contributed by atoms with Gasteiger partial charge in [0.25, 0.3) is 0 Å². The number of ether oxygens (including phenoxy) is 1. The zero-order chi connectivity index (χ0) is 9.52. The average molecular weight is 178 g/mol. The Bertz CT molecular complexity index is 259. The fourth-order valence-corrected chi connectivity index (χ4v) is 1.02. The third kappa shape index (κ3) is 4.28. The number of rotatable bonds is 5. The first-order valence-electron chi connectivity index (χ1n) is 4.23. The maximum Gasteiger partial charge on any atom is 0.117 e. The minimum Gasteiger partial charge on any atom is -0.386 e. The van der Waals surface area contributed by atoms with E-state index in [-0.39, 0.29) is 12.4 Å². The molecule has 70 valence electrons. The molecule has 0 heterocycles. The Morgan fingerprint density at radius 3 is 2.62 bits per heavy atom. The molecule has 3 heteroatoms. The minimum atomic E-state index is 0.0769. The van der Waals surface area contributed by atoms with Crippen LogP contribution in [0.3, 0.4) is 0 Å². The molecule has 0 unspecified atom stereocenters. The van der Waals surface area contributed by atoms with E-state index in [1.165, 1.54) is 5.56 Å². The summed E-state index contributed by atoms with van der Waals surface area (Å²) < 4.78 is 5.15. The molecule has 3 N–H and O–H groups in total. The Balaban J connectivity index is 2.17. The summed E-state index contributed by atoms with van der Waals surface area (Å²) in [5.74, 6) is 0.0769. The molecule has 0 fully saturated rings. The Morgan fingerprint density at radius 2 is 2.00 bits per heavy atom. The molecule has 0 amide bonds. The van der Waals surface area contributed by atoms with Crippen molar-refractivity contribution in [1.82, 2.24) is 0 Å². The van der Waals surface area contributed by atoms with Gasteiger partial charge in [0, 0.05) is 0 Å². The molecule has 13 heavy (non-hydrogen) atoms. The van der Waals surface area contributed by atoms with Crippen molar-refractivity contribution in [3.63, 3.8) is 0 Å². The molecule has 0 bridgehead atoms. The van der Waals surface area contributed by atoms with Gasteiger partial charge < -0.3 is 10.5 Å². The van der Waals surface area contributed by atoms with Crippen LogP contribution in [0.25, 0.3) is 0 Å². The van der Waals surface area contributed by atoms with Crippen molar-refractivity contribution >= 4 is 5.84 Å². The van der Waals surface area contributed by atoms with Crippen LogP contribution in [0.5, 0.6) is 0 Å². The fourth-order valence-electron chi connectivity index (χ4n) is 1.02. The van der Waals surface area contributed by atoms with Gasteiger partial charge in [-0.15, -0.1) is 0 Å². The molecular formula is C10H14N2O. The summed E-state index contributed by atoms with van der Waals surface area (Å²) in [6.45, 7) is 0.844. The number of hydrogen-bond acceptors (Lipinski definition) is 2. The van der Waals surface area contributed by atoms with Gasteiger partial charge in [0.2, 0.25) is 0 Å². The van der Waals surface area contributed by atoms with Gasteiger partial charge in [-0.05, 0) is 12.0 Å². The molecule has 1 aromatic carbocycles. The molecule has 0 atom stereocenters. The van der Waals surface area contributed by atoms with Crippen molar-refractivity contribution in [3.05, 3.63) is 35.9 Å². The lowest BCUT2D eigenvalue weighted by Crippen LogP contribution is -2.18. The monoisotopic (exact) mass is 178 g/mol. The van der Waals surface area contributed by atoms with E-state index in [1.807, 2.05) is 18.2 Å². The molecule has 0 aliphatic heterocycles. The van der Waals surface area contributed by atoms with Crippen LogP contribution in [0.1, 0.15) is 5.56 Å². The van der Waals surface area contributed by atoms with E-state index in [0.717, 1.165) is 6.42 Å². The van der Waals surface area contributed by atoms with Crippen molar-refractivity contribution in [2.45, 2.75) is 6.42 Å². The maximum atomic E-state index is 6.93. The van der Waals surface area contributed by atoms with Crippen LogP contribution in [0.4, 0.5) is 0 Å². The first-order valence-corrected chi connectivity index (χ1v) is 4.23. The largest absolute Gasteiger partial charge is 0.386 e. The smallest absolute Gasteiger partial charge is 0.117 e. The highest BCUT2D eigenvalue weighted by molar-refractivity contribution is 5.78. The first kappa shape index (κ1) is 9.74. The summed E-state index contributed by atoms with van der Waals surface area (Å²) in [6.07, 6.45) is 0.869. The summed E-state index contributed by atoms with van der Waals surface area (Å²) >= 11 is 0. The standard InChI is InChI=1S/C10H14N2O/c11-10(12)8-13-7-6-9-4-2-1-3-5-9/h1-5H,6-8H2,(H3,11,12). The highest BCUT2D eigenvalue weighted by atomic mass is 16.5. The normalized spacial score (nSPS) is 9.85. The van der Waals surface area contributed by atoms with E-state index in [0.29, 0.717) is 6.61 Å². The van der Waals surface area contributed by atoms with Crippen LogP contribution in [0.15, 0.2) is 30.3 Å². The Morgan fingerprint density at radius 1 is 1.31 bits per heavy atom. The zero-order valence-corrected chi connectivity index (χ0v) is 7.49. The first-order chi connectivity index (χ1) is 6.29. The van der Waals surface area contributed by atoms with E-state index in [4.69, 9.17) is 15.9 Å². The lowest BCUT2D eigenvalue weighted by Gasteiger charge is -2.02. The second-order valence-corrected chi connectivity index (χ2v) is 2.81. The van der Waals surface area contributed by atoms with Crippen LogP contribution in [0.2, 0.25) is 0 Å². The highest BCUT2D eigenvalue weighted by Crippen LogP contribution is 1.99. The minimum absolute atomic E-state index is 0.0769.